The third-order valence-corrected chi connectivity index (χ3v) is 7.66. The maximum Gasteiger partial charge on any atom is 0.254 e. The van der Waals surface area contributed by atoms with Gasteiger partial charge in [0.1, 0.15) is 17.7 Å². The molecule has 2 aliphatic rings. The number of nitrogens with zero attached hydrogens (tertiary/aromatic N) is 3. The van der Waals surface area contributed by atoms with Gasteiger partial charge in [-0.2, -0.15) is 5.26 Å². The third-order valence-electron chi connectivity index (χ3n) is 7.66. The highest BCUT2D eigenvalue weighted by atomic mass is 19.1. The van der Waals surface area contributed by atoms with Crippen LogP contribution >= 0.6 is 0 Å². The summed E-state index contributed by atoms with van der Waals surface area (Å²) in [5.74, 6) is -1.53. The highest BCUT2D eigenvalue weighted by Crippen LogP contribution is 2.40. The second-order valence-corrected chi connectivity index (χ2v) is 10.3. The molecule has 2 amide bonds. The molecule has 8 heteroatoms. The van der Waals surface area contributed by atoms with E-state index in [0.29, 0.717) is 27.8 Å². The first-order chi connectivity index (χ1) is 18.2. The fourth-order valence-corrected chi connectivity index (χ4v) is 5.64. The predicted octanol–water partition coefficient (Wildman–Crippen LogP) is 4.51. The first-order valence-electron chi connectivity index (χ1n) is 12.6. The van der Waals surface area contributed by atoms with Crippen LogP contribution in [0.2, 0.25) is 0 Å². The number of likely N-dealkylation sites (N-methyl/N-ethyl adjacent to an activating group) is 1. The molecule has 0 unspecified atom stereocenters. The topological polar surface area (TPSA) is 90.4 Å². The Morgan fingerprint density at radius 2 is 1.76 bits per heavy atom. The highest BCUT2D eigenvalue weighted by Gasteiger charge is 2.47. The molecule has 0 aromatic heterocycles. The van der Waals surface area contributed by atoms with E-state index in [1.807, 2.05) is 11.0 Å². The molecule has 2 saturated heterocycles. The van der Waals surface area contributed by atoms with Crippen LogP contribution in [0.1, 0.15) is 40.7 Å². The van der Waals surface area contributed by atoms with Crippen molar-refractivity contribution in [2.24, 2.45) is 5.73 Å². The van der Waals surface area contributed by atoms with Crippen LogP contribution in [-0.4, -0.2) is 53.8 Å². The second kappa shape index (κ2) is 9.99. The summed E-state index contributed by atoms with van der Waals surface area (Å²) in [6.07, 6.45) is 2.63. The van der Waals surface area contributed by atoms with Crippen LogP contribution in [0.4, 0.5) is 8.78 Å². The summed E-state index contributed by atoms with van der Waals surface area (Å²) in [5.41, 5.74) is 8.68. The van der Waals surface area contributed by atoms with E-state index in [1.165, 1.54) is 23.1 Å². The number of carbonyl (C=O) groups is 2. The largest absolute Gasteiger partial charge is 0.349 e. The molecular weight excluding hydrogens is 486 g/mol. The molecule has 0 saturated carbocycles. The van der Waals surface area contributed by atoms with Crippen LogP contribution in [0.25, 0.3) is 22.3 Å². The lowest BCUT2D eigenvalue weighted by Crippen LogP contribution is -2.40. The van der Waals surface area contributed by atoms with E-state index in [4.69, 9.17) is 11.0 Å². The zero-order valence-electron chi connectivity index (χ0n) is 21.2. The summed E-state index contributed by atoms with van der Waals surface area (Å²) in [4.78, 5) is 29.0. The van der Waals surface area contributed by atoms with E-state index in [1.54, 1.807) is 50.5 Å². The van der Waals surface area contributed by atoms with Crippen LogP contribution < -0.4 is 5.73 Å². The zero-order valence-corrected chi connectivity index (χ0v) is 21.2. The van der Waals surface area contributed by atoms with Gasteiger partial charge in [-0.05, 0) is 71.8 Å². The average Bonchev–Trinajstić information content (AvgIpc) is 3.45. The van der Waals surface area contributed by atoms with Crippen molar-refractivity contribution in [3.8, 4) is 28.3 Å². The summed E-state index contributed by atoms with van der Waals surface area (Å²) >= 11 is 0. The number of benzene rings is 3. The molecule has 2 aliphatic heterocycles. The van der Waals surface area contributed by atoms with Crippen molar-refractivity contribution in [1.82, 2.24) is 9.80 Å². The number of hydrogen-bond acceptors (Lipinski definition) is 4. The van der Waals surface area contributed by atoms with Gasteiger partial charge in [-0.3, -0.25) is 9.59 Å². The Labute approximate surface area is 220 Å². The van der Waals surface area contributed by atoms with Gasteiger partial charge in [-0.15, -0.1) is 0 Å². The van der Waals surface area contributed by atoms with E-state index < -0.39 is 11.6 Å². The molecule has 3 aromatic rings. The van der Waals surface area contributed by atoms with Crippen LogP contribution in [0.5, 0.6) is 0 Å². The zero-order chi connectivity index (χ0) is 27.1. The number of nitriles is 1. The molecule has 0 radical (unpaired) electrons. The number of carbonyl (C=O) groups excluding carboxylic acids is 2. The smallest absolute Gasteiger partial charge is 0.254 e. The van der Waals surface area contributed by atoms with Crippen LogP contribution in [0.15, 0.2) is 54.6 Å². The minimum absolute atomic E-state index is 0.00199. The monoisotopic (exact) mass is 514 g/mol. The van der Waals surface area contributed by atoms with Crippen molar-refractivity contribution in [1.29, 1.82) is 5.26 Å². The first-order valence-corrected chi connectivity index (χ1v) is 12.6. The van der Waals surface area contributed by atoms with Gasteiger partial charge in [0.05, 0.1) is 12.0 Å². The van der Waals surface area contributed by atoms with Gasteiger partial charge in [-0.1, -0.05) is 24.3 Å². The number of nitrogens with two attached hydrogens (primary N) is 1. The Morgan fingerprint density at radius 3 is 2.37 bits per heavy atom. The first kappa shape index (κ1) is 25.6. The Balaban J connectivity index is 1.58. The summed E-state index contributed by atoms with van der Waals surface area (Å²) in [6.45, 7) is 0. The summed E-state index contributed by atoms with van der Waals surface area (Å²) in [6, 6.07) is 15.6. The van der Waals surface area contributed by atoms with Gasteiger partial charge in [0.25, 0.3) is 5.91 Å². The van der Waals surface area contributed by atoms with Gasteiger partial charge < -0.3 is 15.5 Å². The Kier molecular flexibility index (Phi) is 6.72. The van der Waals surface area contributed by atoms with Gasteiger partial charge >= 0.3 is 0 Å². The minimum atomic E-state index is -0.700. The Morgan fingerprint density at radius 1 is 1.00 bits per heavy atom. The van der Waals surface area contributed by atoms with Crippen LogP contribution in [-0.2, 0) is 11.2 Å². The second-order valence-electron chi connectivity index (χ2n) is 10.3. The Bertz CT molecular complexity index is 1480. The van der Waals surface area contributed by atoms with Crippen LogP contribution in [0, 0.1) is 23.0 Å². The van der Waals surface area contributed by atoms with E-state index >= 15 is 4.39 Å². The molecule has 6 nitrogen and oxygen atoms in total. The lowest BCUT2D eigenvalue weighted by molar-refractivity contribution is -0.127. The fourth-order valence-electron chi connectivity index (χ4n) is 5.64. The summed E-state index contributed by atoms with van der Waals surface area (Å²) in [5, 5.41) is 9.16. The number of fused-ring (bicyclic) bond motifs is 2. The quantitative estimate of drug-likeness (QED) is 0.543. The molecule has 3 atom stereocenters. The van der Waals surface area contributed by atoms with Gasteiger partial charge in [0.15, 0.2) is 0 Å². The lowest BCUT2D eigenvalue weighted by atomic mass is 9.91. The van der Waals surface area contributed by atoms with Crippen molar-refractivity contribution < 1.29 is 18.4 Å². The summed E-state index contributed by atoms with van der Waals surface area (Å²) < 4.78 is 30.0. The predicted molar refractivity (Wildman–Crippen MR) is 140 cm³/mol. The molecule has 0 aliphatic carbocycles. The highest BCUT2D eigenvalue weighted by molar-refractivity contribution is 5.98. The lowest BCUT2D eigenvalue weighted by Gasteiger charge is -2.24. The van der Waals surface area contributed by atoms with Crippen molar-refractivity contribution >= 4 is 11.8 Å². The molecule has 0 spiro atoms. The van der Waals surface area contributed by atoms with E-state index in [2.05, 4.69) is 0 Å². The van der Waals surface area contributed by atoms with E-state index in [0.717, 1.165) is 19.3 Å². The average molecular weight is 515 g/mol. The van der Waals surface area contributed by atoms with Crippen molar-refractivity contribution in [2.75, 3.05) is 14.1 Å². The minimum Gasteiger partial charge on any atom is -0.349 e. The number of amides is 2. The maximum atomic E-state index is 15.4. The van der Waals surface area contributed by atoms with Crippen molar-refractivity contribution in [3.63, 3.8) is 0 Å². The molecule has 2 N–H and O–H groups in total. The third kappa shape index (κ3) is 4.54. The van der Waals surface area contributed by atoms with Crippen molar-refractivity contribution in [2.45, 2.75) is 43.8 Å². The normalized spacial score (nSPS) is 19.9. The van der Waals surface area contributed by atoms with Gasteiger partial charge in [0.2, 0.25) is 5.91 Å². The van der Waals surface area contributed by atoms with Gasteiger partial charge in [-0.25, -0.2) is 8.78 Å². The Hall–Kier alpha value is -4.09. The molecule has 2 heterocycles. The molecule has 3 aromatic carbocycles. The summed E-state index contributed by atoms with van der Waals surface area (Å²) in [7, 11) is 3.28. The molecule has 5 rings (SSSR count). The van der Waals surface area contributed by atoms with Crippen molar-refractivity contribution in [3.05, 3.63) is 82.9 Å². The van der Waals surface area contributed by atoms with Gasteiger partial charge in [0, 0.05) is 43.3 Å². The standard InChI is InChI=1S/C30H28F2N4O2/c1-35(2)29(37)12-17-3-8-23(26(32)11-17)22-9-6-19(30(38)36-21-7-10-28(36)27(34)15-21)13-24(22)18-4-5-20(16-33)25(31)14-18/h3-6,8-9,11,13-14,21,27-28H,7,10,12,15,34H2,1-2H3/t21-,27+,28+/m1/s1. The van der Waals surface area contributed by atoms with Crippen LogP contribution in [0.3, 0.4) is 0 Å². The molecule has 2 bridgehead atoms. The van der Waals surface area contributed by atoms with E-state index in [9.17, 15) is 14.0 Å². The fraction of sp³-hybridized carbons (Fsp3) is 0.300. The number of hydrogen-bond donors (Lipinski definition) is 1. The molecule has 194 valence electrons. The SMILES string of the molecule is CN(C)C(=O)Cc1ccc(-c2ccc(C(=O)N3[C@@H]4CC[C@H]3[C@@H](N)C4)cc2-c2ccc(C#N)c(F)c2)c(F)c1. The number of halogens is 2. The van der Waals surface area contributed by atoms with E-state index in [-0.39, 0.29) is 47.5 Å². The number of rotatable bonds is 5. The molecule has 2 fully saturated rings. The maximum absolute atomic E-state index is 15.4. The molecular formula is C30H28F2N4O2. The molecule has 38 heavy (non-hydrogen) atoms.